The van der Waals surface area contributed by atoms with Crippen LogP contribution in [0.4, 0.5) is 0 Å². The van der Waals surface area contributed by atoms with E-state index in [1.165, 1.54) is 50.5 Å². The number of aryl methyl sites for hydroxylation is 2. The number of hydrogen-bond donors (Lipinski definition) is 0. The van der Waals surface area contributed by atoms with Crippen LogP contribution in [0.25, 0.3) is 0 Å². The summed E-state index contributed by atoms with van der Waals surface area (Å²) in [5, 5.41) is 0. The normalized spacial score (nSPS) is 28.1. The first kappa shape index (κ1) is 16.6. The SMILES string of the molecule is CC1(C)[C](c2ccccc2)C2CCCC2[C]1c1ccc2c(c1)CCCC2. The lowest BCUT2D eigenvalue weighted by molar-refractivity contribution is 0.436. The third kappa shape index (κ3) is 2.48. The van der Waals surface area contributed by atoms with E-state index in [1.54, 1.807) is 28.5 Å². The molecule has 26 heavy (non-hydrogen) atoms. The molecule has 2 atom stereocenters. The van der Waals surface area contributed by atoms with Crippen LogP contribution in [0.1, 0.15) is 68.2 Å². The molecule has 0 nitrogen and oxygen atoms in total. The summed E-state index contributed by atoms with van der Waals surface area (Å²) in [6, 6.07) is 18.7. The smallest absolute Gasteiger partial charge is 0.0149 e. The van der Waals surface area contributed by atoms with Crippen LogP contribution in [0, 0.1) is 29.1 Å². The van der Waals surface area contributed by atoms with Gasteiger partial charge in [0, 0.05) is 11.8 Å². The van der Waals surface area contributed by atoms with Gasteiger partial charge < -0.3 is 0 Å². The molecule has 2 radical (unpaired) electrons. The van der Waals surface area contributed by atoms with Crippen molar-refractivity contribution >= 4 is 0 Å². The minimum absolute atomic E-state index is 0.167. The Morgan fingerprint density at radius 3 is 2.08 bits per heavy atom. The lowest BCUT2D eigenvalue weighted by Gasteiger charge is -2.36. The zero-order chi connectivity index (χ0) is 17.7. The molecule has 0 aromatic heterocycles. The van der Waals surface area contributed by atoms with Crippen molar-refractivity contribution in [3.63, 3.8) is 0 Å². The van der Waals surface area contributed by atoms with Gasteiger partial charge >= 0.3 is 0 Å². The summed E-state index contributed by atoms with van der Waals surface area (Å²) in [6.45, 7) is 4.98. The summed E-state index contributed by atoms with van der Waals surface area (Å²) in [4.78, 5) is 0. The molecular formula is C26H30. The first-order chi connectivity index (χ1) is 12.7. The van der Waals surface area contributed by atoms with Crippen molar-refractivity contribution in [2.45, 2.75) is 58.8 Å². The van der Waals surface area contributed by atoms with Gasteiger partial charge in [0.1, 0.15) is 0 Å². The minimum Gasteiger partial charge on any atom is -0.0622 e. The van der Waals surface area contributed by atoms with E-state index < -0.39 is 0 Å². The minimum atomic E-state index is 0.167. The molecule has 3 aliphatic carbocycles. The van der Waals surface area contributed by atoms with E-state index in [0.29, 0.717) is 0 Å². The quantitative estimate of drug-likeness (QED) is 0.579. The first-order valence-electron chi connectivity index (χ1n) is 10.6. The van der Waals surface area contributed by atoms with Crippen molar-refractivity contribution in [3.8, 4) is 0 Å². The van der Waals surface area contributed by atoms with E-state index in [-0.39, 0.29) is 5.41 Å². The highest BCUT2D eigenvalue weighted by Gasteiger charge is 2.57. The van der Waals surface area contributed by atoms with Crippen molar-refractivity contribution < 1.29 is 0 Å². The second-order valence-electron chi connectivity index (χ2n) is 9.15. The molecule has 2 aromatic rings. The van der Waals surface area contributed by atoms with Gasteiger partial charge in [-0.2, -0.15) is 0 Å². The van der Waals surface area contributed by atoms with Crippen LogP contribution in [0.5, 0.6) is 0 Å². The van der Waals surface area contributed by atoms with Crippen LogP contribution in [-0.2, 0) is 12.8 Å². The lowest BCUT2D eigenvalue weighted by Crippen LogP contribution is -2.27. The summed E-state index contributed by atoms with van der Waals surface area (Å²) in [7, 11) is 0. The molecule has 0 amide bonds. The Morgan fingerprint density at radius 1 is 0.692 bits per heavy atom. The maximum atomic E-state index is 2.56. The molecule has 5 rings (SSSR count). The van der Waals surface area contributed by atoms with Gasteiger partial charge in [-0.1, -0.05) is 68.8 Å². The van der Waals surface area contributed by atoms with E-state index in [0.717, 1.165) is 11.8 Å². The third-order valence-electron chi connectivity index (χ3n) is 7.35. The Bertz CT molecular complexity index is 785. The average molecular weight is 343 g/mol. The maximum Gasteiger partial charge on any atom is 0.0149 e. The highest BCUT2D eigenvalue weighted by molar-refractivity contribution is 5.53. The first-order valence-corrected chi connectivity index (χ1v) is 10.6. The van der Waals surface area contributed by atoms with Crippen LogP contribution in [-0.4, -0.2) is 0 Å². The molecule has 0 saturated heterocycles. The Labute approximate surface area is 159 Å². The predicted octanol–water partition coefficient (Wildman–Crippen LogP) is 6.57. The van der Waals surface area contributed by atoms with Gasteiger partial charge in [-0.25, -0.2) is 0 Å². The van der Waals surface area contributed by atoms with Gasteiger partial charge in [-0.3, -0.25) is 0 Å². The van der Waals surface area contributed by atoms with Crippen LogP contribution in [0.15, 0.2) is 48.5 Å². The van der Waals surface area contributed by atoms with Gasteiger partial charge in [0.2, 0.25) is 0 Å². The fourth-order valence-electron chi connectivity index (χ4n) is 6.39. The number of benzene rings is 2. The van der Waals surface area contributed by atoms with E-state index in [1.807, 2.05) is 0 Å². The molecule has 0 heterocycles. The number of fused-ring (bicyclic) bond motifs is 2. The summed E-state index contributed by atoms with van der Waals surface area (Å²) >= 11 is 0. The average Bonchev–Trinajstić information content (AvgIpc) is 3.18. The van der Waals surface area contributed by atoms with Crippen molar-refractivity contribution in [1.82, 2.24) is 0 Å². The molecule has 0 spiro atoms. The van der Waals surface area contributed by atoms with Crippen LogP contribution in [0.3, 0.4) is 0 Å². The molecule has 0 bridgehead atoms. The molecule has 134 valence electrons. The highest BCUT2D eigenvalue weighted by atomic mass is 14.6. The van der Waals surface area contributed by atoms with Gasteiger partial charge in [-0.05, 0) is 78.0 Å². The zero-order valence-electron chi connectivity index (χ0n) is 16.2. The Morgan fingerprint density at radius 2 is 1.35 bits per heavy atom. The molecular weight excluding hydrogens is 312 g/mol. The molecule has 0 heteroatoms. The summed E-state index contributed by atoms with van der Waals surface area (Å²) < 4.78 is 0. The third-order valence-corrected chi connectivity index (χ3v) is 7.35. The summed E-state index contributed by atoms with van der Waals surface area (Å²) in [5.41, 5.74) is 6.41. The molecule has 2 unspecified atom stereocenters. The Balaban J connectivity index is 1.58. The van der Waals surface area contributed by atoms with Crippen LogP contribution >= 0.6 is 0 Å². The molecule has 2 saturated carbocycles. The van der Waals surface area contributed by atoms with E-state index in [2.05, 4.69) is 62.4 Å². The monoisotopic (exact) mass is 342 g/mol. The predicted molar refractivity (Wildman–Crippen MR) is 109 cm³/mol. The number of hydrogen-bond acceptors (Lipinski definition) is 0. The Hall–Kier alpha value is -1.56. The maximum absolute atomic E-state index is 2.56. The molecule has 3 aliphatic rings. The second-order valence-corrected chi connectivity index (χ2v) is 9.15. The van der Waals surface area contributed by atoms with Crippen LogP contribution in [0.2, 0.25) is 0 Å². The molecule has 2 aromatic carbocycles. The number of rotatable bonds is 2. The highest BCUT2D eigenvalue weighted by Crippen LogP contribution is 2.66. The van der Waals surface area contributed by atoms with Gasteiger partial charge in [-0.15, -0.1) is 0 Å². The van der Waals surface area contributed by atoms with Crippen molar-refractivity contribution in [2.24, 2.45) is 17.3 Å². The van der Waals surface area contributed by atoms with Gasteiger partial charge in [0.25, 0.3) is 0 Å². The van der Waals surface area contributed by atoms with E-state index >= 15 is 0 Å². The Kier molecular flexibility index (Phi) is 3.99. The molecule has 0 aliphatic heterocycles. The summed E-state index contributed by atoms with van der Waals surface area (Å²) in [6.07, 6.45) is 9.41. The summed E-state index contributed by atoms with van der Waals surface area (Å²) in [5.74, 6) is 4.93. The second kappa shape index (κ2) is 6.25. The van der Waals surface area contributed by atoms with Gasteiger partial charge in [0.15, 0.2) is 0 Å². The standard InChI is InChI=1S/C26H30/c1-26(2)24(19-10-4-3-5-11-19)22-13-8-14-23(22)25(26)21-16-15-18-9-6-7-12-20(18)17-21/h3-5,10-11,15-17,22-23H,6-9,12-14H2,1-2H3. The van der Waals surface area contributed by atoms with Crippen molar-refractivity contribution in [1.29, 1.82) is 0 Å². The fourth-order valence-corrected chi connectivity index (χ4v) is 6.39. The molecule has 2 fully saturated rings. The van der Waals surface area contributed by atoms with Crippen molar-refractivity contribution in [3.05, 3.63) is 82.6 Å². The largest absolute Gasteiger partial charge is 0.0622 e. The van der Waals surface area contributed by atoms with E-state index in [9.17, 15) is 0 Å². The zero-order valence-corrected chi connectivity index (χ0v) is 16.2. The fraction of sp³-hybridized carbons (Fsp3) is 0.462. The molecule has 0 N–H and O–H groups in total. The van der Waals surface area contributed by atoms with E-state index in [4.69, 9.17) is 0 Å². The lowest BCUT2D eigenvalue weighted by atomic mass is 9.67. The van der Waals surface area contributed by atoms with Crippen LogP contribution < -0.4 is 0 Å². The topological polar surface area (TPSA) is 0 Å². The van der Waals surface area contributed by atoms with Gasteiger partial charge in [0.05, 0.1) is 0 Å². The van der Waals surface area contributed by atoms with Crippen molar-refractivity contribution in [2.75, 3.05) is 0 Å².